The summed E-state index contributed by atoms with van der Waals surface area (Å²) >= 11 is 4.21. The van der Waals surface area contributed by atoms with Gasteiger partial charge < -0.3 is 14.4 Å². The molecule has 0 saturated carbocycles. The average Bonchev–Trinajstić information content (AvgIpc) is 2.79. The van der Waals surface area contributed by atoms with Crippen molar-refractivity contribution in [2.45, 2.75) is 42.7 Å². The second kappa shape index (κ2) is 11.4. The number of likely N-dealkylation sites (N-methyl/N-ethyl adjacent to an activating group) is 1. The van der Waals surface area contributed by atoms with Crippen molar-refractivity contribution in [1.82, 2.24) is 4.90 Å². The number of benzene rings is 2. The van der Waals surface area contributed by atoms with E-state index in [-0.39, 0.29) is 4.08 Å². The number of nitrogens with zero attached hydrogens (tertiary/aromatic N) is 1. The van der Waals surface area contributed by atoms with Gasteiger partial charge in [-0.25, -0.2) is 0 Å². The van der Waals surface area contributed by atoms with Crippen molar-refractivity contribution in [1.29, 1.82) is 0 Å². The van der Waals surface area contributed by atoms with Gasteiger partial charge in [0.05, 0.1) is 18.3 Å². The van der Waals surface area contributed by atoms with Crippen molar-refractivity contribution >= 4 is 23.5 Å². The van der Waals surface area contributed by atoms with E-state index in [1.54, 1.807) is 14.2 Å². The highest BCUT2D eigenvalue weighted by Crippen LogP contribution is 2.54. The molecule has 1 saturated heterocycles. The summed E-state index contributed by atoms with van der Waals surface area (Å²) in [5, 5.41) is 0. The summed E-state index contributed by atoms with van der Waals surface area (Å²) in [6.45, 7) is 3.45. The topological polar surface area (TPSA) is 21.7 Å². The fraction of sp³-hybridized carbons (Fsp3) is 0.520. The zero-order valence-electron chi connectivity index (χ0n) is 18.7. The van der Waals surface area contributed by atoms with Crippen LogP contribution in [0.3, 0.4) is 0 Å². The lowest BCUT2D eigenvalue weighted by Crippen LogP contribution is -2.33. The van der Waals surface area contributed by atoms with Crippen LogP contribution in [0.15, 0.2) is 48.5 Å². The largest absolute Gasteiger partial charge is 0.493 e. The van der Waals surface area contributed by atoms with Gasteiger partial charge in [-0.1, -0.05) is 36.4 Å². The van der Waals surface area contributed by atoms with Crippen LogP contribution < -0.4 is 9.47 Å². The average molecular weight is 446 g/mol. The molecule has 1 atom stereocenters. The van der Waals surface area contributed by atoms with E-state index in [9.17, 15) is 0 Å². The molecule has 1 heterocycles. The molecule has 30 heavy (non-hydrogen) atoms. The number of hydrogen-bond acceptors (Lipinski definition) is 5. The lowest BCUT2D eigenvalue weighted by molar-refractivity contribution is 0.250. The van der Waals surface area contributed by atoms with Crippen molar-refractivity contribution in [3.05, 3.63) is 59.7 Å². The molecule has 5 heteroatoms. The van der Waals surface area contributed by atoms with Crippen LogP contribution in [0, 0.1) is 0 Å². The molecular formula is C25H35NO2S2. The number of methoxy groups -OCH3 is 2. The van der Waals surface area contributed by atoms with Gasteiger partial charge in [-0.05, 0) is 81.0 Å². The quantitative estimate of drug-likeness (QED) is 0.441. The Kier molecular flexibility index (Phi) is 8.84. The number of hydrogen-bond donors (Lipinski definition) is 0. The van der Waals surface area contributed by atoms with Gasteiger partial charge in [-0.15, -0.1) is 23.5 Å². The van der Waals surface area contributed by atoms with E-state index in [0.29, 0.717) is 6.04 Å². The maximum absolute atomic E-state index is 5.59. The molecule has 0 aromatic heterocycles. The molecule has 164 valence electrons. The summed E-state index contributed by atoms with van der Waals surface area (Å²) in [5.41, 5.74) is 2.77. The Morgan fingerprint density at radius 2 is 1.70 bits per heavy atom. The molecule has 2 aromatic carbocycles. The second-order valence-electron chi connectivity index (χ2n) is 8.00. The minimum atomic E-state index is 0.112. The third-order valence-electron chi connectivity index (χ3n) is 5.93. The number of thioether (sulfide) groups is 2. The number of rotatable bonds is 10. The second-order valence-corrected chi connectivity index (χ2v) is 11.0. The van der Waals surface area contributed by atoms with Crippen LogP contribution in [0.1, 0.15) is 37.3 Å². The van der Waals surface area contributed by atoms with E-state index in [1.807, 2.05) is 0 Å². The molecule has 3 nitrogen and oxygen atoms in total. The number of ether oxygens (including phenoxy) is 2. The van der Waals surface area contributed by atoms with E-state index in [1.165, 1.54) is 41.9 Å². The standard InChI is InChI=1S/C25H35NO2S2/c1-20(18-21-10-6-5-7-11-21)26(2)15-8-14-25(29-16-9-17-30-25)22-12-13-23(27-3)24(19-22)28-4/h5-7,10-13,19-20H,8-9,14-18H2,1-4H3. The first kappa shape index (κ1) is 23.4. The van der Waals surface area contributed by atoms with Gasteiger partial charge in [0.15, 0.2) is 11.5 Å². The Labute approximate surface area is 190 Å². The minimum absolute atomic E-state index is 0.112. The van der Waals surface area contributed by atoms with Crippen LogP contribution in [-0.2, 0) is 10.5 Å². The van der Waals surface area contributed by atoms with Crippen molar-refractivity contribution in [2.75, 3.05) is 39.3 Å². The summed E-state index contributed by atoms with van der Waals surface area (Å²) in [6, 6.07) is 17.8. The first-order valence-electron chi connectivity index (χ1n) is 10.8. The highest BCUT2D eigenvalue weighted by atomic mass is 32.2. The lowest BCUT2D eigenvalue weighted by atomic mass is 10.0. The molecule has 2 aromatic rings. The zero-order valence-corrected chi connectivity index (χ0v) is 20.4. The summed E-state index contributed by atoms with van der Waals surface area (Å²) < 4.78 is 11.2. The van der Waals surface area contributed by atoms with Crippen LogP contribution in [0.25, 0.3) is 0 Å². The van der Waals surface area contributed by atoms with Crippen molar-refractivity contribution < 1.29 is 9.47 Å². The molecule has 0 aliphatic carbocycles. The van der Waals surface area contributed by atoms with Gasteiger partial charge in [0.1, 0.15) is 0 Å². The Bertz CT molecular complexity index is 778. The molecule has 0 bridgehead atoms. The molecule has 1 unspecified atom stereocenters. The lowest BCUT2D eigenvalue weighted by Gasteiger charge is -2.37. The summed E-state index contributed by atoms with van der Waals surface area (Å²) in [5.74, 6) is 4.08. The van der Waals surface area contributed by atoms with E-state index in [4.69, 9.17) is 9.47 Å². The van der Waals surface area contributed by atoms with E-state index < -0.39 is 0 Å². The van der Waals surface area contributed by atoms with Crippen LogP contribution in [0.4, 0.5) is 0 Å². The molecule has 0 amide bonds. The van der Waals surface area contributed by atoms with Gasteiger partial charge in [0.25, 0.3) is 0 Å². The van der Waals surface area contributed by atoms with Crippen LogP contribution in [-0.4, -0.2) is 50.3 Å². The predicted molar refractivity (Wildman–Crippen MR) is 132 cm³/mol. The smallest absolute Gasteiger partial charge is 0.161 e. The molecule has 1 aliphatic heterocycles. The molecule has 1 aliphatic rings. The predicted octanol–water partition coefficient (Wildman–Crippen LogP) is 6.07. The molecular weight excluding hydrogens is 410 g/mol. The van der Waals surface area contributed by atoms with Crippen molar-refractivity contribution in [3.8, 4) is 11.5 Å². The summed E-state index contributed by atoms with van der Waals surface area (Å²) in [4.78, 5) is 2.51. The molecule has 0 radical (unpaired) electrons. The van der Waals surface area contributed by atoms with E-state index in [0.717, 1.165) is 24.5 Å². The molecule has 0 N–H and O–H groups in total. The highest BCUT2D eigenvalue weighted by Gasteiger charge is 2.36. The van der Waals surface area contributed by atoms with Gasteiger partial charge in [0, 0.05) is 6.04 Å². The Morgan fingerprint density at radius 3 is 2.37 bits per heavy atom. The maximum atomic E-state index is 5.59. The van der Waals surface area contributed by atoms with Crippen LogP contribution in [0.2, 0.25) is 0 Å². The third kappa shape index (κ3) is 5.89. The van der Waals surface area contributed by atoms with Gasteiger partial charge in [-0.2, -0.15) is 0 Å². The molecule has 3 rings (SSSR count). The Balaban J connectivity index is 1.64. The Morgan fingerprint density at radius 1 is 1.00 bits per heavy atom. The third-order valence-corrected chi connectivity index (χ3v) is 9.43. The summed E-state index contributed by atoms with van der Waals surface area (Å²) in [7, 11) is 5.68. The molecule has 0 spiro atoms. The monoisotopic (exact) mass is 445 g/mol. The highest BCUT2D eigenvalue weighted by molar-refractivity contribution is 8.18. The SMILES string of the molecule is COc1ccc(C2(CCCN(C)C(C)Cc3ccccc3)SCCCS2)cc1OC. The fourth-order valence-corrected chi connectivity index (χ4v) is 7.41. The Hall–Kier alpha value is -1.30. The van der Waals surface area contributed by atoms with Crippen LogP contribution in [0.5, 0.6) is 11.5 Å². The first-order chi connectivity index (χ1) is 14.6. The fourth-order valence-electron chi connectivity index (χ4n) is 4.00. The van der Waals surface area contributed by atoms with Crippen LogP contribution >= 0.6 is 23.5 Å². The van der Waals surface area contributed by atoms with E-state index >= 15 is 0 Å². The van der Waals surface area contributed by atoms with Gasteiger partial charge in [-0.3, -0.25) is 0 Å². The maximum Gasteiger partial charge on any atom is 0.161 e. The van der Waals surface area contributed by atoms with Crippen molar-refractivity contribution in [3.63, 3.8) is 0 Å². The minimum Gasteiger partial charge on any atom is -0.493 e. The van der Waals surface area contributed by atoms with Crippen molar-refractivity contribution in [2.24, 2.45) is 0 Å². The normalized spacial score (nSPS) is 17.0. The van der Waals surface area contributed by atoms with Gasteiger partial charge in [0.2, 0.25) is 0 Å². The summed E-state index contributed by atoms with van der Waals surface area (Å²) in [6.07, 6.45) is 4.74. The zero-order chi connectivity index (χ0) is 21.4. The molecule has 1 fully saturated rings. The first-order valence-corrected chi connectivity index (χ1v) is 12.8. The van der Waals surface area contributed by atoms with E-state index in [2.05, 4.69) is 90.9 Å². The van der Waals surface area contributed by atoms with Gasteiger partial charge >= 0.3 is 0 Å².